The highest BCUT2D eigenvalue weighted by molar-refractivity contribution is 5.78. The van der Waals surface area contributed by atoms with Crippen LogP contribution in [0.4, 0.5) is 5.69 Å². The molecule has 0 saturated heterocycles. The number of aromatic nitrogens is 1. The molecule has 2 aromatic rings. The van der Waals surface area contributed by atoms with Crippen molar-refractivity contribution in [2.75, 3.05) is 18.5 Å². The number of carbonyl (C=O) groups is 1. The van der Waals surface area contributed by atoms with Crippen LogP contribution in [-0.2, 0) is 11.8 Å². The summed E-state index contributed by atoms with van der Waals surface area (Å²) in [7, 11) is 3.66. The third-order valence-electron chi connectivity index (χ3n) is 3.24. The summed E-state index contributed by atoms with van der Waals surface area (Å²) >= 11 is 0. The molecule has 0 fully saturated rings. The van der Waals surface area contributed by atoms with Crippen molar-refractivity contribution in [3.63, 3.8) is 0 Å². The van der Waals surface area contributed by atoms with Gasteiger partial charge < -0.3 is 14.1 Å². The van der Waals surface area contributed by atoms with Gasteiger partial charge >= 0.3 is 5.76 Å². The van der Waals surface area contributed by atoms with Crippen molar-refractivity contribution in [2.45, 2.75) is 19.8 Å². The molecule has 0 atom stereocenters. The highest BCUT2D eigenvalue weighted by atomic mass is 16.4. The minimum atomic E-state index is -0.355. The summed E-state index contributed by atoms with van der Waals surface area (Å²) in [5, 5.41) is 0. The van der Waals surface area contributed by atoms with E-state index in [9.17, 15) is 9.59 Å². The maximum absolute atomic E-state index is 11.4. The maximum Gasteiger partial charge on any atom is 0.419 e. The zero-order valence-electron chi connectivity index (χ0n) is 11.5. The fourth-order valence-electron chi connectivity index (χ4n) is 2.05. The molecule has 102 valence electrons. The SMILES string of the molecule is CC(=O)CCCN(C)c1ccc2oc(=O)n(C)c2c1. The molecular formula is C14H18N2O3. The van der Waals surface area contributed by atoms with Crippen LogP contribution < -0.4 is 10.7 Å². The molecule has 5 heteroatoms. The van der Waals surface area contributed by atoms with Gasteiger partial charge in [-0.05, 0) is 31.5 Å². The van der Waals surface area contributed by atoms with Gasteiger partial charge in [0.25, 0.3) is 0 Å². The minimum Gasteiger partial charge on any atom is -0.408 e. The lowest BCUT2D eigenvalue weighted by molar-refractivity contribution is -0.117. The first kappa shape index (κ1) is 13.4. The van der Waals surface area contributed by atoms with Gasteiger partial charge in [0.15, 0.2) is 5.58 Å². The van der Waals surface area contributed by atoms with E-state index in [2.05, 4.69) is 4.90 Å². The maximum atomic E-state index is 11.4. The van der Waals surface area contributed by atoms with Crippen LogP contribution in [0.1, 0.15) is 19.8 Å². The molecule has 0 aliphatic carbocycles. The Bertz CT molecular complexity index is 654. The number of Topliss-reactive ketones (excluding diaryl/α,β-unsaturated/α-hetero) is 1. The number of hydrogen-bond donors (Lipinski definition) is 0. The summed E-state index contributed by atoms with van der Waals surface area (Å²) in [4.78, 5) is 24.4. The molecule has 0 aliphatic heterocycles. The number of benzene rings is 1. The quantitative estimate of drug-likeness (QED) is 0.826. The average molecular weight is 262 g/mol. The van der Waals surface area contributed by atoms with E-state index in [0.717, 1.165) is 24.2 Å². The lowest BCUT2D eigenvalue weighted by Crippen LogP contribution is -2.19. The average Bonchev–Trinajstić information content (AvgIpc) is 2.64. The Balaban J connectivity index is 2.18. The largest absolute Gasteiger partial charge is 0.419 e. The first-order valence-corrected chi connectivity index (χ1v) is 6.29. The standard InChI is InChI=1S/C14H18N2O3/c1-10(17)5-4-8-15(2)11-6-7-13-12(9-11)16(3)14(18)19-13/h6-7,9H,4-5,8H2,1-3H3. The van der Waals surface area contributed by atoms with Crippen LogP contribution in [0.3, 0.4) is 0 Å². The molecule has 1 heterocycles. The Labute approximate surface area is 111 Å². The first-order valence-electron chi connectivity index (χ1n) is 6.29. The number of aryl methyl sites for hydroxylation is 1. The van der Waals surface area contributed by atoms with Gasteiger partial charge in [-0.3, -0.25) is 4.57 Å². The smallest absolute Gasteiger partial charge is 0.408 e. The highest BCUT2D eigenvalue weighted by Gasteiger charge is 2.08. The number of hydrogen-bond acceptors (Lipinski definition) is 4. The van der Waals surface area contributed by atoms with Gasteiger partial charge in [-0.1, -0.05) is 0 Å². The van der Waals surface area contributed by atoms with Crippen LogP contribution in [0, 0.1) is 0 Å². The number of nitrogens with zero attached hydrogens (tertiary/aromatic N) is 2. The van der Waals surface area contributed by atoms with Crippen molar-refractivity contribution in [3.05, 3.63) is 28.7 Å². The summed E-state index contributed by atoms with van der Waals surface area (Å²) in [6.07, 6.45) is 1.42. The number of anilines is 1. The zero-order chi connectivity index (χ0) is 14.0. The van der Waals surface area contributed by atoms with Gasteiger partial charge in [-0.15, -0.1) is 0 Å². The van der Waals surface area contributed by atoms with Crippen molar-refractivity contribution in [1.82, 2.24) is 4.57 Å². The number of rotatable bonds is 5. The van der Waals surface area contributed by atoms with Crippen LogP contribution in [0.5, 0.6) is 0 Å². The molecule has 0 spiro atoms. The highest BCUT2D eigenvalue weighted by Crippen LogP contribution is 2.20. The summed E-state index contributed by atoms with van der Waals surface area (Å²) in [5.74, 6) is -0.146. The normalized spacial score (nSPS) is 10.9. The van der Waals surface area contributed by atoms with E-state index in [4.69, 9.17) is 4.42 Å². The second-order valence-electron chi connectivity index (χ2n) is 4.81. The molecule has 0 bridgehead atoms. The molecule has 0 radical (unpaired) electrons. The molecule has 0 amide bonds. The van der Waals surface area contributed by atoms with Gasteiger partial charge in [-0.25, -0.2) is 4.79 Å². The molecule has 1 aromatic heterocycles. The third-order valence-corrected chi connectivity index (χ3v) is 3.24. The van der Waals surface area contributed by atoms with E-state index in [1.165, 1.54) is 4.57 Å². The first-order chi connectivity index (χ1) is 8.99. The van der Waals surface area contributed by atoms with E-state index < -0.39 is 0 Å². The van der Waals surface area contributed by atoms with Gasteiger partial charge in [0.05, 0.1) is 5.52 Å². The molecular weight excluding hydrogens is 244 g/mol. The fraction of sp³-hybridized carbons (Fsp3) is 0.429. The third kappa shape index (κ3) is 2.86. The summed E-state index contributed by atoms with van der Waals surface area (Å²) in [6.45, 7) is 2.41. The van der Waals surface area contributed by atoms with E-state index in [0.29, 0.717) is 12.0 Å². The number of oxazole rings is 1. The summed E-state index contributed by atoms with van der Waals surface area (Å²) in [6, 6.07) is 5.64. The van der Waals surface area contributed by atoms with Crippen molar-refractivity contribution >= 4 is 22.6 Å². The molecule has 2 rings (SSSR count). The Kier molecular flexibility index (Phi) is 3.74. The molecule has 5 nitrogen and oxygen atoms in total. The Morgan fingerprint density at radius 3 is 2.84 bits per heavy atom. The topological polar surface area (TPSA) is 55.5 Å². The van der Waals surface area contributed by atoms with Crippen molar-refractivity contribution in [1.29, 1.82) is 0 Å². The Morgan fingerprint density at radius 2 is 2.16 bits per heavy atom. The number of carbonyl (C=O) groups excluding carboxylic acids is 1. The number of fused-ring (bicyclic) bond motifs is 1. The van der Waals surface area contributed by atoms with Crippen LogP contribution >= 0.6 is 0 Å². The van der Waals surface area contributed by atoms with Crippen LogP contribution in [0.2, 0.25) is 0 Å². The molecule has 0 saturated carbocycles. The predicted octanol–water partition coefficient (Wildman–Crippen LogP) is 1.94. The van der Waals surface area contributed by atoms with E-state index in [-0.39, 0.29) is 11.5 Å². The van der Waals surface area contributed by atoms with Crippen LogP contribution in [0.15, 0.2) is 27.4 Å². The van der Waals surface area contributed by atoms with Gasteiger partial charge in [-0.2, -0.15) is 0 Å². The minimum absolute atomic E-state index is 0.209. The molecule has 1 aromatic carbocycles. The van der Waals surface area contributed by atoms with Gasteiger partial charge in [0, 0.05) is 32.7 Å². The second-order valence-corrected chi connectivity index (χ2v) is 4.81. The number of ketones is 1. The van der Waals surface area contributed by atoms with Crippen molar-refractivity contribution < 1.29 is 9.21 Å². The van der Waals surface area contributed by atoms with E-state index >= 15 is 0 Å². The van der Waals surface area contributed by atoms with Crippen molar-refractivity contribution in [2.24, 2.45) is 7.05 Å². The van der Waals surface area contributed by atoms with E-state index in [1.807, 2.05) is 19.2 Å². The Hall–Kier alpha value is -2.04. The monoisotopic (exact) mass is 262 g/mol. The predicted molar refractivity (Wildman–Crippen MR) is 74.6 cm³/mol. The fourth-order valence-corrected chi connectivity index (χ4v) is 2.05. The lowest BCUT2D eigenvalue weighted by Gasteiger charge is -2.18. The zero-order valence-corrected chi connectivity index (χ0v) is 11.5. The van der Waals surface area contributed by atoms with E-state index in [1.54, 1.807) is 20.0 Å². The van der Waals surface area contributed by atoms with Crippen LogP contribution in [0.25, 0.3) is 11.1 Å². The molecule has 19 heavy (non-hydrogen) atoms. The Morgan fingerprint density at radius 1 is 1.42 bits per heavy atom. The summed E-state index contributed by atoms with van der Waals surface area (Å²) < 4.78 is 6.58. The lowest BCUT2D eigenvalue weighted by atomic mass is 10.2. The molecule has 0 N–H and O–H groups in total. The van der Waals surface area contributed by atoms with Crippen molar-refractivity contribution in [3.8, 4) is 0 Å². The van der Waals surface area contributed by atoms with Gasteiger partial charge in [0.2, 0.25) is 0 Å². The molecule has 0 aliphatic rings. The second kappa shape index (κ2) is 5.30. The molecule has 0 unspecified atom stereocenters. The van der Waals surface area contributed by atoms with Crippen LogP contribution in [-0.4, -0.2) is 23.9 Å². The summed E-state index contributed by atoms with van der Waals surface area (Å²) in [5.41, 5.74) is 2.38. The van der Waals surface area contributed by atoms with Gasteiger partial charge in [0.1, 0.15) is 5.78 Å².